The zero-order valence-corrected chi connectivity index (χ0v) is 27.6. The van der Waals surface area contributed by atoms with E-state index in [-0.39, 0.29) is 11.4 Å². The molecule has 2 aliphatic rings. The average Bonchev–Trinajstić information content (AvgIpc) is 3.03. The van der Waals surface area contributed by atoms with Crippen molar-refractivity contribution in [3.8, 4) is 11.5 Å². The van der Waals surface area contributed by atoms with Crippen LogP contribution in [0.4, 0.5) is 0 Å². The number of rotatable bonds is 6. The molecule has 4 nitrogen and oxygen atoms in total. The Kier molecular flexibility index (Phi) is 9.05. The van der Waals surface area contributed by atoms with Gasteiger partial charge in [0.1, 0.15) is 22.7 Å². The summed E-state index contributed by atoms with van der Waals surface area (Å²) in [5, 5.41) is 10.0. The Morgan fingerprint density at radius 2 is 1.15 bits per heavy atom. The lowest BCUT2D eigenvalue weighted by Crippen LogP contribution is -2.29. The van der Waals surface area contributed by atoms with Crippen LogP contribution in [-0.2, 0) is 0 Å². The van der Waals surface area contributed by atoms with Gasteiger partial charge in [0.25, 0.3) is 0 Å². The molecule has 4 aromatic rings. The van der Waals surface area contributed by atoms with Gasteiger partial charge in [-0.3, -0.25) is 4.79 Å². The van der Waals surface area contributed by atoms with Crippen LogP contribution in [0.5, 0.6) is 11.5 Å². The molecular weight excluding hydrogens is 568 g/mol. The first kappa shape index (κ1) is 32.5. The third kappa shape index (κ3) is 7.14. The van der Waals surface area contributed by atoms with Gasteiger partial charge >= 0.3 is 0 Å². The Morgan fingerprint density at radius 3 is 1.61 bits per heavy atom. The molecular formula is C42H42O4. The lowest BCUT2D eigenvalue weighted by molar-refractivity contribution is 0.104. The van der Waals surface area contributed by atoms with Gasteiger partial charge in [0, 0.05) is 16.7 Å². The Labute approximate surface area is 273 Å². The number of fused-ring (bicyclic) bond motifs is 2. The normalized spacial score (nSPS) is 16.0. The van der Waals surface area contributed by atoms with Crippen LogP contribution >= 0.6 is 0 Å². The fraction of sp³-hybridized carbons (Fsp3) is 0.214. The van der Waals surface area contributed by atoms with Crippen LogP contribution in [0.25, 0.3) is 11.1 Å². The van der Waals surface area contributed by atoms with Crippen molar-refractivity contribution >= 4 is 16.9 Å². The van der Waals surface area contributed by atoms with E-state index in [1.165, 1.54) is 23.3 Å². The third-order valence-corrected chi connectivity index (χ3v) is 8.05. The SMILES string of the molecule is C=CC(=O)c1ccc2c(c1)C(c1ccc(C)cc1)=CC(C)(C)O2.C=CC(O)c1ccc2c(c1)C(c1ccc(C)cc1)=CC(C)(C)O2. The van der Waals surface area contributed by atoms with Gasteiger partial charge in [0.15, 0.2) is 5.78 Å². The van der Waals surface area contributed by atoms with Crippen LogP contribution in [0.15, 0.2) is 122 Å². The molecule has 0 amide bonds. The van der Waals surface area contributed by atoms with Crippen molar-refractivity contribution in [3.63, 3.8) is 0 Å². The highest BCUT2D eigenvalue weighted by molar-refractivity contribution is 6.05. The Bertz CT molecular complexity index is 1850. The minimum Gasteiger partial charge on any atom is -0.483 e. The monoisotopic (exact) mass is 610 g/mol. The number of ether oxygens (including phenoxy) is 2. The van der Waals surface area contributed by atoms with E-state index in [9.17, 15) is 9.90 Å². The Balaban J connectivity index is 0.000000181. The van der Waals surface area contributed by atoms with E-state index >= 15 is 0 Å². The summed E-state index contributed by atoms with van der Waals surface area (Å²) >= 11 is 0. The number of aliphatic hydroxyl groups is 1. The summed E-state index contributed by atoms with van der Waals surface area (Å²) < 4.78 is 12.1. The molecule has 0 aliphatic carbocycles. The molecule has 0 aromatic heterocycles. The van der Waals surface area contributed by atoms with Crippen LogP contribution in [-0.4, -0.2) is 22.1 Å². The number of carbonyl (C=O) groups is 1. The third-order valence-electron chi connectivity index (χ3n) is 8.05. The first-order chi connectivity index (χ1) is 21.8. The summed E-state index contributed by atoms with van der Waals surface area (Å²) in [6, 6.07) is 28.2. The molecule has 4 heteroatoms. The van der Waals surface area contributed by atoms with Crippen LogP contribution in [0, 0.1) is 13.8 Å². The number of hydrogen-bond donors (Lipinski definition) is 1. The number of hydrogen-bond acceptors (Lipinski definition) is 4. The quantitative estimate of drug-likeness (QED) is 0.134. The largest absolute Gasteiger partial charge is 0.483 e. The minimum atomic E-state index is -0.672. The van der Waals surface area contributed by atoms with Gasteiger partial charge in [-0.1, -0.05) is 78.4 Å². The van der Waals surface area contributed by atoms with Crippen LogP contribution in [0.3, 0.4) is 0 Å². The predicted molar refractivity (Wildman–Crippen MR) is 188 cm³/mol. The van der Waals surface area contributed by atoms with Crippen LogP contribution in [0.2, 0.25) is 0 Å². The molecule has 46 heavy (non-hydrogen) atoms. The Morgan fingerprint density at radius 1 is 0.696 bits per heavy atom. The molecule has 2 aliphatic heterocycles. The molecule has 0 spiro atoms. The molecule has 6 rings (SSSR count). The number of allylic oxidation sites excluding steroid dienone is 1. The standard InChI is InChI=1S/C21H22O2.C21H20O2/c2*1-5-19(22)16-10-11-20-17(12-16)18(13-21(3,4)23-20)15-8-6-14(2)7-9-15/h5-13,19,22H,1H2,2-4H3;5-13H,1H2,2-4H3. The van der Waals surface area contributed by atoms with Gasteiger partial charge in [-0.15, -0.1) is 6.58 Å². The van der Waals surface area contributed by atoms with Crippen molar-refractivity contribution in [1.82, 2.24) is 0 Å². The highest BCUT2D eigenvalue weighted by Crippen LogP contribution is 2.41. The van der Waals surface area contributed by atoms with Crippen molar-refractivity contribution in [1.29, 1.82) is 0 Å². The zero-order valence-electron chi connectivity index (χ0n) is 27.6. The van der Waals surface area contributed by atoms with E-state index in [1.54, 1.807) is 6.07 Å². The predicted octanol–water partition coefficient (Wildman–Crippen LogP) is 9.78. The summed E-state index contributed by atoms with van der Waals surface area (Å²) in [4.78, 5) is 11.9. The van der Waals surface area contributed by atoms with Crippen LogP contribution in [0.1, 0.15) is 83.1 Å². The molecule has 1 atom stereocenters. The highest BCUT2D eigenvalue weighted by Gasteiger charge is 2.29. The second-order valence-corrected chi connectivity index (χ2v) is 13.0. The van der Waals surface area contributed by atoms with E-state index < -0.39 is 11.7 Å². The van der Waals surface area contributed by atoms with Gasteiger partial charge in [0.2, 0.25) is 0 Å². The summed E-state index contributed by atoms with van der Waals surface area (Å²) in [5.41, 5.74) is 9.59. The molecule has 1 unspecified atom stereocenters. The maximum absolute atomic E-state index is 11.9. The van der Waals surface area contributed by atoms with E-state index in [0.717, 1.165) is 50.5 Å². The number of aryl methyl sites for hydroxylation is 2. The van der Waals surface area contributed by atoms with Gasteiger partial charge in [-0.2, -0.15) is 0 Å². The summed E-state index contributed by atoms with van der Waals surface area (Å²) in [6.07, 6.45) is 6.45. The molecule has 1 N–H and O–H groups in total. The maximum atomic E-state index is 11.9. The zero-order chi connectivity index (χ0) is 33.2. The lowest BCUT2D eigenvalue weighted by Gasteiger charge is -2.32. The molecule has 234 valence electrons. The van der Waals surface area contributed by atoms with Crippen molar-refractivity contribution in [2.75, 3.05) is 0 Å². The average molecular weight is 611 g/mol. The summed E-state index contributed by atoms with van der Waals surface area (Å²) in [6.45, 7) is 19.6. The maximum Gasteiger partial charge on any atom is 0.185 e. The molecule has 2 heterocycles. The van der Waals surface area contributed by atoms with Gasteiger partial charge in [-0.25, -0.2) is 0 Å². The van der Waals surface area contributed by atoms with E-state index in [4.69, 9.17) is 9.47 Å². The summed E-state index contributed by atoms with van der Waals surface area (Å²) in [5.74, 6) is 1.56. The minimum absolute atomic E-state index is 0.0825. The van der Waals surface area contributed by atoms with E-state index in [1.807, 2.05) is 44.2 Å². The second-order valence-electron chi connectivity index (χ2n) is 13.0. The fourth-order valence-electron chi connectivity index (χ4n) is 5.69. The fourth-order valence-corrected chi connectivity index (χ4v) is 5.69. The van der Waals surface area contributed by atoms with Crippen LogP contribution < -0.4 is 9.47 Å². The summed E-state index contributed by atoms with van der Waals surface area (Å²) in [7, 11) is 0. The first-order valence-corrected chi connectivity index (χ1v) is 15.5. The number of carbonyl (C=O) groups excluding carboxylic acids is 1. The molecule has 0 saturated carbocycles. The number of aliphatic hydroxyl groups excluding tert-OH is 1. The number of benzene rings is 4. The topological polar surface area (TPSA) is 55.8 Å². The smallest absolute Gasteiger partial charge is 0.185 e. The van der Waals surface area contributed by atoms with Crippen molar-refractivity contribution in [2.24, 2.45) is 0 Å². The van der Waals surface area contributed by atoms with Crippen molar-refractivity contribution in [3.05, 3.63) is 167 Å². The van der Waals surface area contributed by atoms with Crippen molar-refractivity contribution < 1.29 is 19.4 Å². The first-order valence-electron chi connectivity index (χ1n) is 15.5. The second kappa shape index (κ2) is 12.8. The van der Waals surface area contributed by atoms with Crippen molar-refractivity contribution in [2.45, 2.75) is 58.8 Å². The molecule has 4 aromatic carbocycles. The number of ketones is 1. The molecule has 0 fully saturated rings. The Hall–Kier alpha value is -4.93. The van der Waals surface area contributed by atoms with Gasteiger partial charge < -0.3 is 14.6 Å². The molecule has 0 bridgehead atoms. The van der Waals surface area contributed by atoms with Gasteiger partial charge in [-0.05, 0) is 118 Å². The van der Waals surface area contributed by atoms with E-state index in [2.05, 4.69) is 102 Å². The molecule has 0 saturated heterocycles. The van der Waals surface area contributed by atoms with E-state index in [0.29, 0.717) is 5.56 Å². The lowest BCUT2D eigenvalue weighted by atomic mass is 9.88. The highest BCUT2D eigenvalue weighted by atomic mass is 16.5. The molecule has 0 radical (unpaired) electrons. The van der Waals surface area contributed by atoms with Gasteiger partial charge in [0.05, 0.1) is 6.10 Å².